The van der Waals surface area contributed by atoms with E-state index in [4.69, 9.17) is 9.15 Å². The summed E-state index contributed by atoms with van der Waals surface area (Å²) in [6, 6.07) is 9.22. The molecule has 3 aromatic rings. The summed E-state index contributed by atoms with van der Waals surface area (Å²) in [5.74, 6) is 0.992. The number of hydrogen-bond acceptors (Lipinski definition) is 3. The minimum absolute atomic E-state index is 0.242. The molecular weight excluding hydrogens is 321 g/mol. The Hall–Kier alpha value is -2.82. The second-order valence-corrected chi connectivity index (χ2v) is 6.19. The van der Waals surface area contributed by atoms with Gasteiger partial charge in [-0.25, -0.2) is 4.39 Å². The molecule has 2 aromatic carbocycles. The Kier molecular flexibility index (Phi) is 3.92. The van der Waals surface area contributed by atoms with E-state index in [1.165, 1.54) is 12.1 Å². The highest BCUT2D eigenvalue weighted by Gasteiger charge is 2.25. The number of furan rings is 1. The minimum atomic E-state index is -0.339. The Balaban J connectivity index is 1.79. The second kappa shape index (κ2) is 6.24. The normalized spacial score (nSPS) is 13.5. The lowest BCUT2D eigenvalue weighted by atomic mass is 9.93. The predicted molar refractivity (Wildman–Crippen MR) is 93.8 cm³/mol. The van der Waals surface area contributed by atoms with Gasteiger partial charge in [-0.2, -0.15) is 0 Å². The molecule has 0 bridgehead atoms. The van der Waals surface area contributed by atoms with Crippen LogP contribution in [0.3, 0.4) is 0 Å². The molecule has 128 valence electrons. The molecule has 0 saturated carbocycles. The van der Waals surface area contributed by atoms with Crippen LogP contribution in [0.1, 0.15) is 34.5 Å². The summed E-state index contributed by atoms with van der Waals surface area (Å²) in [6.07, 6.45) is 3.95. The number of carbonyl (C=O) groups is 1. The van der Waals surface area contributed by atoms with Crippen molar-refractivity contribution in [3.63, 3.8) is 0 Å². The third-order valence-electron chi connectivity index (χ3n) is 4.63. The molecule has 1 heterocycles. The smallest absolute Gasteiger partial charge is 0.256 e. The van der Waals surface area contributed by atoms with Crippen LogP contribution in [0.5, 0.6) is 5.75 Å². The number of ether oxygens (including phenoxy) is 1. The average molecular weight is 339 g/mol. The van der Waals surface area contributed by atoms with Gasteiger partial charge >= 0.3 is 0 Å². The van der Waals surface area contributed by atoms with Crippen molar-refractivity contribution >= 4 is 22.6 Å². The molecule has 0 atom stereocenters. The van der Waals surface area contributed by atoms with E-state index in [2.05, 4.69) is 5.32 Å². The van der Waals surface area contributed by atoms with Gasteiger partial charge < -0.3 is 14.5 Å². The van der Waals surface area contributed by atoms with Crippen molar-refractivity contribution in [2.24, 2.45) is 0 Å². The Morgan fingerprint density at radius 1 is 1.12 bits per heavy atom. The zero-order valence-electron chi connectivity index (χ0n) is 13.9. The highest BCUT2D eigenvalue weighted by Crippen LogP contribution is 2.38. The maximum absolute atomic E-state index is 13.0. The zero-order valence-corrected chi connectivity index (χ0v) is 13.9. The molecule has 0 spiro atoms. The van der Waals surface area contributed by atoms with Gasteiger partial charge in [0.05, 0.1) is 12.7 Å². The van der Waals surface area contributed by atoms with Crippen molar-refractivity contribution in [2.75, 3.05) is 12.4 Å². The number of amides is 1. The molecule has 1 amide bonds. The van der Waals surface area contributed by atoms with Crippen molar-refractivity contribution in [1.29, 1.82) is 0 Å². The largest absolute Gasteiger partial charge is 0.493 e. The van der Waals surface area contributed by atoms with Crippen LogP contribution in [0.4, 0.5) is 10.1 Å². The monoisotopic (exact) mass is 339 g/mol. The minimum Gasteiger partial charge on any atom is -0.493 e. The van der Waals surface area contributed by atoms with E-state index in [0.29, 0.717) is 22.6 Å². The molecule has 0 saturated heterocycles. The molecule has 25 heavy (non-hydrogen) atoms. The topological polar surface area (TPSA) is 51.5 Å². The van der Waals surface area contributed by atoms with Gasteiger partial charge in [0, 0.05) is 23.1 Å². The molecular formula is C20H18FNO3. The summed E-state index contributed by atoms with van der Waals surface area (Å²) in [7, 11) is 1.59. The van der Waals surface area contributed by atoms with Crippen molar-refractivity contribution in [3.05, 3.63) is 59.1 Å². The van der Waals surface area contributed by atoms with Crippen LogP contribution in [-0.4, -0.2) is 13.0 Å². The number of benzene rings is 2. The van der Waals surface area contributed by atoms with Crippen molar-refractivity contribution in [1.82, 2.24) is 0 Å². The molecule has 1 aromatic heterocycles. The Labute approximate surface area is 144 Å². The first-order valence-corrected chi connectivity index (χ1v) is 8.35. The van der Waals surface area contributed by atoms with Crippen LogP contribution in [0.15, 0.2) is 40.8 Å². The van der Waals surface area contributed by atoms with E-state index in [9.17, 15) is 9.18 Å². The summed E-state index contributed by atoms with van der Waals surface area (Å²) >= 11 is 0. The zero-order chi connectivity index (χ0) is 17.4. The van der Waals surface area contributed by atoms with Gasteiger partial charge in [-0.05, 0) is 55.7 Å². The van der Waals surface area contributed by atoms with Gasteiger partial charge in [-0.1, -0.05) is 0 Å². The lowest BCUT2D eigenvalue weighted by Gasteiger charge is -2.11. The number of aryl methyl sites for hydroxylation is 2. The quantitative estimate of drug-likeness (QED) is 0.752. The van der Waals surface area contributed by atoms with Gasteiger partial charge in [0.2, 0.25) is 0 Å². The third kappa shape index (κ3) is 2.76. The first-order valence-electron chi connectivity index (χ1n) is 8.35. The van der Waals surface area contributed by atoms with Crippen LogP contribution in [-0.2, 0) is 12.8 Å². The number of hydrogen-bond donors (Lipinski definition) is 1. The fraction of sp³-hybridized carbons (Fsp3) is 0.250. The van der Waals surface area contributed by atoms with Crippen molar-refractivity contribution in [2.45, 2.75) is 25.7 Å². The lowest BCUT2D eigenvalue weighted by molar-refractivity contribution is 0.102. The SMILES string of the molecule is COc1ccc(C(=O)Nc2ccc(F)cc2)c2c3c(oc12)CCCC3. The van der Waals surface area contributed by atoms with E-state index < -0.39 is 0 Å². The summed E-state index contributed by atoms with van der Waals surface area (Å²) in [5, 5.41) is 3.65. The van der Waals surface area contributed by atoms with Crippen LogP contribution in [0.25, 0.3) is 11.0 Å². The number of halogens is 1. The van der Waals surface area contributed by atoms with E-state index >= 15 is 0 Å². The van der Waals surface area contributed by atoms with Crippen LogP contribution >= 0.6 is 0 Å². The second-order valence-electron chi connectivity index (χ2n) is 6.19. The van der Waals surface area contributed by atoms with Gasteiger partial charge in [0.25, 0.3) is 5.91 Å². The van der Waals surface area contributed by atoms with E-state index in [-0.39, 0.29) is 11.7 Å². The Morgan fingerprint density at radius 3 is 2.64 bits per heavy atom. The number of rotatable bonds is 3. The van der Waals surface area contributed by atoms with Crippen LogP contribution in [0.2, 0.25) is 0 Å². The maximum atomic E-state index is 13.0. The molecule has 4 rings (SSSR count). The first-order chi connectivity index (χ1) is 12.2. The Morgan fingerprint density at radius 2 is 1.88 bits per heavy atom. The predicted octanol–water partition coefficient (Wildman–Crippen LogP) is 4.71. The number of methoxy groups -OCH3 is 1. The fourth-order valence-electron chi connectivity index (χ4n) is 3.42. The number of fused-ring (bicyclic) bond motifs is 3. The highest BCUT2D eigenvalue weighted by atomic mass is 19.1. The summed E-state index contributed by atoms with van der Waals surface area (Å²) in [5.41, 5.74) is 2.82. The first kappa shape index (κ1) is 15.7. The Bertz CT molecular complexity index is 944. The van der Waals surface area contributed by atoms with Gasteiger partial charge in [0.15, 0.2) is 11.3 Å². The third-order valence-corrected chi connectivity index (χ3v) is 4.63. The molecule has 1 N–H and O–H groups in total. The van der Waals surface area contributed by atoms with Crippen molar-refractivity contribution in [3.8, 4) is 5.75 Å². The number of anilines is 1. The molecule has 0 aliphatic heterocycles. The standard InChI is InChI=1S/C20H18FNO3/c1-24-17-11-10-15(20(23)22-13-8-6-12(21)7-9-13)18-14-4-2-3-5-16(14)25-19(17)18/h6-11H,2-5H2,1H3,(H,22,23). The average Bonchev–Trinajstić information content (AvgIpc) is 3.02. The molecule has 0 unspecified atom stereocenters. The maximum Gasteiger partial charge on any atom is 0.256 e. The van der Waals surface area contributed by atoms with E-state index in [1.807, 2.05) is 0 Å². The number of carbonyl (C=O) groups excluding carboxylic acids is 1. The summed E-state index contributed by atoms with van der Waals surface area (Å²) in [6.45, 7) is 0. The molecule has 5 heteroatoms. The highest BCUT2D eigenvalue weighted by molar-refractivity contribution is 6.14. The fourth-order valence-corrected chi connectivity index (χ4v) is 3.42. The molecule has 0 radical (unpaired) electrons. The van der Waals surface area contributed by atoms with Crippen molar-refractivity contribution < 1.29 is 18.3 Å². The molecule has 1 aliphatic rings. The summed E-state index contributed by atoms with van der Waals surface area (Å²) in [4.78, 5) is 12.8. The number of nitrogens with one attached hydrogen (secondary N) is 1. The van der Waals surface area contributed by atoms with Gasteiger partial charge in [0.1, 0.15) is 11.6 Å². The van der Waals surface area contributed by atoms with Crippen LogP contribution < -0.4 is 10.1 Å². The molecule has 1 aliphatic carbocycles. The van der Waals surface area contributed by atoms with Crippen LogP contribution in [0, 0.1) is 5.82 Å². The van der Waals surface area contributed by atoms with E-state index in [0.717, 1.165) is 42.4 Å². The van der Waals surface area contributed by atoms with E-state index in [1.54, 1.807) is 31.4 Å². The lowest BCUT2D eigenvalue weighted by Crippen LogP contribution is -2.13. The van der Waals surface area contributed by atoms with Gasteiger partial charge in [-0.3, -0.25) is 4.79 Å². The van der Waals surface area contributed by atoms with Gasteiger partial charge in [-0.15, -0.1) is 0 Å². The molecule has 0 fully saturated rings. The summed E-state index contributed by atoms with van der Waals surface area (Å²) < 4.78 is 24.5. The molecule has 4 nitrogen and oxygen atoms in total.